The first-order valence-corrected chi connectivity index (χ1v) is 8.29. The second-order valence-corrected chi connectivity index (χ2v) is 6.85. The SMILES string of the molecule is O=C(NCC1CC(=O)N(C2CC2)C1)c1cc(=O)[nH]c(C2CC2)n1. The third-order valence-electron chi connectivity index (χ3n) is 4.73. The second kappa shape index (κ2) is 5.47. The highest BCUT2D eigenvalue weighted by Gasteiger charge is 2.39. The van der Waals surface area contributed by atoms with Gasteiger partial charge in [-0.25, -0.2) is 4.98 Å². The van der Waals surface area contributed by atoms with E-state index in [2.05, 4.69) is 15.3 Å². The summed E-state index contributed by atoms with van der Waals surface area (Å²) in [7, 11) is 0. The number of nitrogens with zero attached hydrogens (tertiary/aromatic N) is 2. The van der Waals surface area contributed by atoms with Crippen LogP contribution in [0.15, 0.2) is 10.9 Å². The van der Waals surface area contributed by atoms with E-state index < -0.39 is 0 Å². The van der Waals surface area contributed by atoms with E-state index in [0.717, 1.165) is 32.2 Å². The predicted octanol–water partition coefficient (Wildman–Crippen LogP) is 0.388. The number of rotatable bonds is 5. The molecule has 3 fully saturated rings. The molecular weight excluding hydrogens is 296 g/mol. The first-order valence-electron chi connectivity index (χ1n) is 8.29. The molecule has 2 saturated carbocycles. The molecule has 1 aromatic rings. The van der Waals surface area contributed by atoms with Crippen LogP contribution in [-0.2, 0) is 4.79 Å². The zero-order valence-electron chi connectivity index (χ0n) is 12.9. The fraction of sp³-hybridized carbons (Fsp3) is 0.625. The molecule has 1 unspecified atom stereocenters. The van der Waals surface area contributed by atoms with Crippen molar-refractivity contribution >= 4 is 11.8 Å². The minimum Gasteiger partial charge on any atom is -0.350 e. The van der Waals surface area contributed by atoms with E-state index in [1.807, 2.05) is 4.90 Å². The standard InChI is InChI=1S/C16H20N4O3/c21-13-6-12(18-15(19-13)10-1-2-10)16(23)17-7-9-5-14(22)20(8-9)11-3-4-11/h6,9-11H,1-5,7-8H2,(H,17,23)(H,18,19,21). The summed E-state index contributed by atoms with van der Waals surface area (Å²) in [5, 5.41) is 2.82. The number of hydrogen-bond acceptors (Lipinski definition) is 4. The Hall–Kier alpha value is -2.18. The second-order valence-electron chi connectivity index (χ2n) is 6.85. The molecule has 0 spiro atoms. The Bertz CT molecular complexity index is 706. The summed E-state index contributed by atoms with van der Waals surface area (Å²) in [6.45, 7) is 1.17. The van der Waals surface area contributed by atoms with Crippen molar-refractivity contribution in [1.29, 1.82) is 0 Å². The third-order valence-corrected chi connectivity index (χ3v) is 4.73. The van der Waals surface area contributed by atoms with Crippen molar-refractivity contribution in [2.24, 2.45) is 5.92 Å². The summed E-state index contributed by atoms with van der Waals surface area (Å²) in [6, 6.07) is 1.66. The average Bonchev–Trinajstić information content (AvgIpc) is 3.42. The smallest absolute Gasteiger partial charge is 0.270 e. The molecule has 1 saturated heterocycles. The van der Waals surface area contributed by atoms with Crippen LogP contribution in [0.2, 0.25) is 0 Å². The summed E-state index contributed by atoms with van der Waals surface area (Å²) in [4.78, 5) is 44.7. The monoisotopic (exact) mass is 316 g/mol. The molecule has 1 aliphatic heterocycles. The van der Waals surface area contributed by atoms with E-state index in [4.69, 9.17) is 0 Å². The van der Waals surface area contributed by atoms with E-state index >= 15 is 0 Å². The Morgan fingerprint density at radius 3 is 2.78 bits per heavy atom. The molecule has 4 rings (SSSR count). The fourth-order valence-corrected chi connectivity index (χ4v) is 3.15. The lowest BCUT2D eigenvalue weighted by atomic mass is 10.1. The van der Waals surface area contributed by atoms with Gasteiger partial charge in [0, 0.05) is 43.5 Å². The number of aromatic nitrogens is 2. The molecule has 23 heavy (non-hydrogen) atoms. The van der Waals surface area contributed by atoms with Crippen molar-refractivity contribution < 1.29 is 9.59 Å². The lowest BCUT2D eigenvalue weighted by Gasteiger charge is -2.15. The first kappa shape index (κ1) is 14.4. The van der Waals surface area contributed by atoms with Crippen LogP contribution in [0.25, 0.3) is 0 Å². The lowest BCUT2D eigenvalue weighted by Crippen LogP contribution is -2.33. The Balaban J connectivity index is 1.37. The number of H-pyrrole nitrogens is 1. The van der Waals surface area contributed by atoms with Crippen LogP contribution in [0, 0.1) is 5.92 Å². The van der Waals surface area contributed by atoms with Crippen LogP contribution >= 0.6 is 0 Å². The van der Waals surface area contributed by atoms with Crippen molar-refractivity contribution in [2.45, 2.75) is 44.1 Å². The van der Waals surface area contributed by atoms with E-state index in [0.29, 0.717) is 24.8 Å². The van der Waals surface area contributed by atoms with Gasteiger partial charge in [-0.15, -0.1) is 0 Å². The highest BCUT2D eigenvalue weighted by Crippen LogP contribution is 2.37. The van der Waals surface area contributed by atoms with Crippen molar-refractivity contribution in [1.82, 2.24) is 20.2 Å². The van der Waals surface area contributed by atoms with Gasteiger partial charge in [-0.05, 0) is 25.7 Å². The lowest BCUT2D eigenvalue weighted by molar-refractivity contribution is -0.128. The van der Waals surface area contributed by atoms with Gasteiger partial charge >= 0.3 is 0 Å². The number of hydrogen-bond donors (Lipinski definition) is 2. The molecule has 0 bridgehead atoms. The number of nitrogens with one attached hydrogen (secondary N) is 2. The van der Waals surface area contributed by atoms with E-state index in [1.54, 1.807) is 0 Å². The molecule has 1 aromatic heterocycles. The topological polar surface area (TPSA) is 95.2 Å². The van der Waals surface area contributed by atoms with Gasteiger partial charge in [0.25, 0.3) is 11.5 Å². The van der Waals surface area contributed by atoms with E-state index in [-0.39, 0.29) is 34.9 Å². The van der Waals surface area contributed by atoms with E-state index in [1.165, 1.54) is 6.07 Å². The zero-order chi connectivity index (χ0) is 16.0. The number of amides is 2. The summed E-state index contributed by atoms with van der Waals surface area (Å²) >= 11 is 0. The molecule has 7 nitrogen and oxygen atoms in total. The molecule has 0 radical (unpaired) electrons. The van der Waals surface area contributed by atoms with Crippen LogP contribution in [0.5, 0.6) is 0 Å². The highest BCUT2D eigenvalue weighted by atomic mass is 16.2. The van der Waals surface area contributed by atoms with Gasteiger partial charge in [0.05, 0.1) is 0 Å². The van der Waals surface area contributed by atoms with Crippen molar-refractivity contribution in [2.75, 3.05) is 13.1 Å². The Morgan fingerprint density at radius 1 is 1.30 bits per heavy atom. The van der Waals surface area contributed by atoms with Crippen LogP contribution in [0.1, 0.15) is 54.3 Å². The van der Waals surface area contributed by atoms with Gasteiger partial charge in [-0.3, -0.25) is 14.4 Å². The summed E-state index contributed by atoms with van der Waals surface area (Å²) < 4.78 is 0. The zero-order valence-corrected chi connectivity index (χ0v) is 12.9. The van der Waals surface area contributed by atoms with Gasteiger partial charge in [-0.1, -0.05) is 0 Å². The minimum atomic E-state index is -0.338. The maximum atomic E-state index is 12.2. The molecule has 1 atom stereocenters. The Morgan fingerprint density at radius 2 is 2.09 bits per heavy atom. The molecule has 2 aliphatic carbocycles. The minimum absolute atomic E-state index is 0.150. The van der Waals surface area contributed by atoms with Gasteiger partial charge in [-0.2, -0.15) is 0 Å². The molecule has 3 aliphatic rings. The third kappa shape index (κ3) is 3.13. The normalized spacial score (nSPS) is 24.1. The van der Waals surface area contributed by atoms with Crippen molar-refractivity contribution in [3.05, 3.63) is 27.9 Å². The van der Waals surface area contributed by atoms with E-state index in [9.17, 15) is 14.4 Å². The Kier molecular flexibility index (Phi) is 3.43. The van der Waals surface area contributed by atoms with Gasteiger partial charge in [0.1, 0.15) is 11.5 Å². The molecule has 2 heterocycles. The van der Waals surface area contributed by atoms with Crippen molar-refractivity contribution in [3.63, 3.8) is 0 Å². The summed E-state index contributed by atoms with van der Waals surface area (Å²) in [5.41, 5.74) is -0.123. The molecule has 122 valence electrons. The molecule has 2 N–H and O–H groups in total. The number of likely N-dealkylation sites (tertiary alicyclic amines) is 1. The van der Waals surface area contributed by atoms with Crippen LogP contribution in [0.4, 0.5) is 0 Å². The maximum absolute atomic E-state index is 12.2. The van der Waals surface area contributed by atoms with Crippen LogP contribution < -0.4 is 10.9 Å². The first-order chi connectivity index (χ1) is 11.1. The number of carbonyl (C=O) groups is 2. The molecule has 0 aromatic carbocycles. The summed E-state index contributed by atoms with van der Waals surface area (Å²) in [6.07, 6.45) is 4.72. The van der Waals surface area contributed by atoms with Crippen LogP contribution in [0.3, 0.4) is 0 Å². The fourth-order valence-electron chi connectivity index (χ4n) is 3.15. The average molecular weight is 316 g/mol. The maximum Gasteiger partial charge on any atom is 0.270 e. The number of aromatic amines is 1. The molecule has 7 heteroatoms. The Labute approximate surface area is 133 Å². The quantitative estimate of drug-likeness (QED) is 0.821. The van der Waals surface area contributed by atoms with Gasteiger partial charge < -0.3 is 15.2 Å². The molecule has 2 amide bonds. The summed E-state index contributed by atoms with van der Waals surface area (Å²) in [5.74, 6) is 0.901. The van der Waals surface area contributed by atoms with Crippen LogP contribution in [-0.4, -0.2) is 45.8 Å². The molecular formula is C16H20N4O3. The largest absolute Gasteiger partial charge is 0.350 e. The predicted molar refractivity (Wildman–Crippen MR) is 82.0 cm³/mol. The van der Waals surface area contributed by atoms with Gasteiger partial charge in [0.2, 0.25) is 5.91 Å². The van der Waals surface area contributed by atoms with Gasteiger partial charge in [0.15, 0.2) is 0 Å². The van der Waals surface area contributed by atoms with Crippen molar-refractivity contribution in [3.8, 4) is 0 Å². The highest BCUT2D eigenvalue weighted by molar-refractivity contribution is 5.92. The number of carbonyl (C=O) groups excluding carboxylic acids is 2.